The summed E-state index contributed by atoms with van der Waals surface area (Å²) in [4.78, 5) is 0. The molecule has 3 heteroatoms. The molecule has 2 aromatic carbocycles. The van der Waals surface area contributed by atoms with Gasteiger partial charge in [-0.2, -0.15) is 0 Å². The Bertz CT molecular complexity index is 1050. The van der Waals surface area contributed by atoms with E-state index < -0.39 is 11.6 Å². The first-order valence-corrected chi connectivity index (χ1v) is 16.8. The molecule has 0 spiro atoms. The van der Waals surface area contributed by atoms with E-state index in [1.807, 2.05) is 6.07 Å². The zero-order valence-electron chi connectivity index (χ0n) is 24.8. The van der Waals surface area contributed by atoms with Gasteiger partial charge >= 0.3 is 0 Å². The van der Waals surface area contributed by atoms with E-state index in [2.05, 4.69) is 19.1 Å². The highest BCUT2D eigenvalue weighted by molar-refractivity contribution is 5.31. The molecular formula is C37H51F3. The lowest BCUT2D eigenvalue weighted by molar-refractivity contribution is 0.155. The summed E-state index contributed by atoms with van der Waals surface area (Å²) in [7, 11) is 0. The monoisotopic (exact) mass is 552 g/mol. The van der Waals surface area contributed by atoms with Crippen molar-refractivity contribution < 1.29 is 13.2 Å². The third-order valence-corrected chi connectivity index (χ3v) is 11.1. The van der Waals surface area contributed by atoms with Gasteiger partial charge in [0.2, 0.25) is 0 Å². The second-order valence-corrected chi connectivity index (χ2v) is 13.6. The molecule has 3 saturated carbocycles. The van der Waals surface area contributed by atoms with E-state index in [1.165, 1.54) is 108 Å². The van der Waals surface area contributed by atoms with Crippen LogP contribution < -0.4 is 0 Å². The van der Waals surface area contributed by atoms with Gasteiger partial charge in [0.05, 0.1) is 0 Å². The zero-order valence-corrected chi connectivity index (χ0v) is 24.8. The minimum Gasteiger partial charge on any atom is -0.207 e. The maximum atomic E-state index is 15.4. The first kappa shape index (κ1) is 29.7. The highest BCUT2D eigenvalue weighted by Gasteiger charge is 2.32. The lowest BCUT2D eigenvalue weighted by Gasteiger charge is -2.38. The molecule has 0 unspecified atom stereocenters. The minimum absolute atomic E-state index is 0.0380. The van der Waals surface area contributed by atoms with E-state index in [9.17, 15) is 8.78 Å². The van der Waals surface area contributed by atoms with Crippen LogP contribution in [0.5, 0.6) is 0 Å². The third kappa shape index (κ3) is 7.54. The van der Waals surface area contributed by atoms with Gasteiger partial charge in [-0.05, 0) is 135 Å². The average molecular weight is 553 g/mol. The second kappa shape index (κ2) is 14.4. The number of hydrogen-bond donors (Lipinski definition) is 0. The van der Waals surface area contributed by atoms with Gasteiger partial charge in [-0.25, -0.2) is 13.2 Å². The van der Waals surface area contributed by atoms with E-state index in [0.717, 1.165) is 54.6 Å². The van der Waals surface area contributed by atoms with E-state index in [1.54, 1.807) is 6.07 Å². The Morgan fingerprint density at radius 2 is 1.05 bits per heavy atom. The second-order valence-electron chi connectivity index (χ2n) is 13.6. The zero-order chi connectivity index (χ0) is 27.9. The van der Waals surface area contributed by atoms with Crippen LogP contribution in [-0.4, -0.2) is 0 Å². The molecule has 0 heterocycles. The van der Waals surface area contributed by atoms with Crippen LogP contribution in [0.4, 0.5) is 13.2 Å². The largest absolute Gasteiger partial charge is 0.207 e. The normalized spacial score (nSPS) is 29.4. The molecule has 0 atom stereocenters. The molecule has 3 fully saturated rings. The van der Waals surface area contributed by atoms with Crippen molar-refractivity contribution in [2.24, 2.45) is 17.8 Å². The summed E-state index contributed by atoms with van der Waals surface area (Å²) >= 11 is 0. The van der Waals surface area contributed by atoms with Crippen LogP contribution in [0.1, 0.15) is 157 Å². The lowest BCUT2D eigenvalue weighted by Crippen LogP contribution is -2.25. The Labute approximate surface area is 241 Å². The van der Waals surface area contributed by atoms with Crippen molar-refractivity contribution in [1.82, 2.24) is 0 Å². The van der Waals surface area contributed by atoms with Crippen molar-refractivity contribution in [2.75, 3.05) is 0 Å². The molecule has 220 valence electrons. The third-order valence-electron chi connectivity index (χ3n) is 11.1. The highest BCUT2D eigenvalue weighted by Crippen LogP contribution is 2.46. The summed E-state index contributed by atoms with van der Waals surface area (Å²) in [6.07, 6.45) is 22.9. The maximum Gasteiger partial charge on any atom is 0.159 e. The van der Waals surface area contributed by atoms with Gasteiger partial charge in [0.1, 0.15) is 5.82 Å². The first-order chi connectivity index (χ1) is 19.5. The summed E-state index contributed by atoms with van der Waals surface area (Å²) in [5.41, 5.74) is 2.92. The molecule has 0 N–H and O–H groups in total. The van der Waals surface area contributed by atoms with Gasteiger partial charge < -0.3 is 0 Å². The van der Waals surface area contributed by atoms with Crippen LogP contribution >= 0.6 is 0 Å². The standard InChI is InChI=1S/C37H51F3/c1-2-3-4-5-6-7-26-8-10-27(11-9-26)28-12-14-29(15-13-28)32-20-22-34(36(39)24-32)31-18-16-30(17-19-31)33-21-23-35(38)37(40)25-33/h20-31H,2-19H2,1H3. The van der Waals surface area contributed by atoms with Crippen LogP contribution in [0.3, 0.4) is 0 Å². The van der Waals surface area contributed by atoms with Gasteiger partial charge in [-0.3, -0.25) is 0 Å². The number of hydrogen-bond acceptors (Lipinski definition) is 0. The van der Waals surface area contributed by atoms with Gasteiger partial charge in [-0.1, -0.05) is 76.5 Å². The first-order valence-electron chi connectivity index (χ1n) is 16.8. The topological polar surface area (TPSA) is 0 Å². The molecule has 0 aliphatic heterocycles. The minimum atomic E-state index is -0.793. The van der Waals surface area contributed by atoms with Crippen molar-refractivity contribution in [3.8, 4) is 0 Å². The summed E-state index contributed by atoms with van der Waals surface area (Å²) in [5.74, 6) is 2.15. The summed E-state index contributed by atoms with van der Waals surface area (Å²) in [6, 6.07) is 10.4. The predicted molar refractivity (Wildman–Crippen MR) is 160 cm³/mol. The quantitative estimate of drug-likeness (QED) is 0.257. The van der Waals surface area contributed by atoms with Gasteiger partial charge in [0, 0.05) is 0 Å². The van der Waals surface area contributed by atoms with E-state index >= 15 is 4.39 Å². The molecule has 0 saturated heterocycles. The predicted octanol–water partition coefficient (Wildman–Crippen LogP) is 12.0. The molecule has 3 aliphatic rings. The van der Waals surface area contributed by atoms with E-state index in [-0.39, 0.29) is 17.7 Å². The van der Waals surface area contributed by atoms with Crippen LogP contribution in [0.15, 0.2) is 36.4 Å². The fourth-order valence-corrected chi connectivity index (χ4v) is 8.54. The Morgan fingerprint density at radius 1 is 0.525 bits per heavy atom. The fraction of sp³-hybridized carbons (Fsp3) is 0.676. The SMILES string of the molecule is CCCCCCCC1CCC(C2CCC(c3ccc(C4CCC(c5ccc(F)c(F)c5)CC4)c(F)c3)CC2)CC1. The van der Waals surface area contributed by atoms with Gasteiger partial charge in [-0.15, -0.1) is 0 Å². The molecule has 5 rings (SSSR count). The molecule has 0 nitrogen and oxygen atoms in total. The average Bonchev–Trinajstić information content (AvgIpc) is 2.99. The Balaban J connectivity index is 1.06. The maximum absolute atomic E-state index is 15.4. The fourth-order valence-electron chi connectivity index (χ4n) is 8.54. The van der Waals surface area contributed by atoms with Crippen LogP contribution in [0.25, 0.3) is 0 Å². The van der Waals surface area contributed by atoms with E-state index in [4.69, 9.17) is 0 Å². The summed E-state index contributed by atoms with van der Waals surface area (Å²) in [6.45, 7) is 2.29. The van der Waals surface area contributed by atoms with Crippen LogP contribution in [0.2, 0.25) is 0 Å². The molecular weight excluding hydrogens is 501 g/mol. The Morgan fingerprint density at radius 3 is 1.65 bits per heavy atom. The molecule has 2 aromatic rings. The van der Waals surface area contributed by atoms with Crippen LogP contribution in [0, 0.1) is 35.2 Å². The Kier molecular flexibility index (Phi) is 10.7. The molecule has 0 amide bonds. The van der Waals surface area contributed by atoms with Crippen molar-refractivity contribution in [3.05, 3.63) is 70.5 Å². The van der Waals surface area contributed by atoms with E-state index in [0.29, 0.717) is 5.92 Å². The highest BCUT2D eigenvalue weighted by atomic mass is 19.2. The Hall–Kier alpha value is -1.77. The smallest absolute Gasteiger partial charge is 0.159 e. The number of halogens is 3. The molecule has 0 aromatic heterocycles. The van der Waals surface area contributed by atoms with Crippen molar-refractivity contribution >= 4 is 0 Å². The molecule has 40 heavy (non-hydrogen) atoms. The summed E-state index contributed by atoms with van der Waals surface area (Å²) in [5, 5.41) is 0. The van der Waals surface area contributed by atoms with Crippen molar-refractivity contribution in [2.45, 2.75) is 140 Å². The number of benzene rings is 2. The molecule has 3 aliphatic carbocycles. The van der Waals surface area contributed by atoms with Crippen LogP contribution in [-0.2, 0) is 0 Å². The molecule has 0 radical (unpaired) electrons. The summed E-state index contributed by atoms with van der Waals surface area (Å²) < 4.78 is 42.4. The van der Waals surface area contributed by atoms with Gasteiger partial charge in [0.15, 0.2) is 11.6 Å². The van der Waals surface area contributed by atoms with Crippen molar-refractivity contribution in [3.63, 3.8) is 0 Å². The number of unbranched alkanes of at least 4 members (excludes halogenated alkanes) is 4. The van der Waals surface area contributed by atoms with Gasteiger partial charge in [0.25, 0.3) is 0 Å². The number of rotatable bonds is 10. The molecule has 0 bridgehead atoms. The van der Waals surface area contributed by atoms with Crippen molar-refractivity contribution in [1.29, 1.82) is 0 Å². The lowest BCUT2D eigenvalue weighted by atomic mass is 9.68.